The molecule has 170 valence electrons. The number of anilines is 1. The van der Waals surface area contributed by atoms with Crippen LogP contribution in [0.4, 0.5) is 10.1 Å². The number of nitrogens with one attached hydrogen (secondary N) is 1. The van der Waals surface area contributed by atoms with Gasteiger partial charge in [0.05, 0.1) is 40.9 Å². The number of aliphatic hydroxyl groups excluding tert-OH is 1. The third-order valence-electron chi connectivity index (χ3n) is 4.67. The van der Waals surface area contributed by atoms with E-state index in [1.165, 1.54) is 30.3 Å². The lowest BCUT2D eigenvalue weighted by molar-refractivity contribution is 0.0940. The van der Waals surface area contributed by atoms with Gasteiger partial charge in [-0.2, -0.15) is 5.26 Å². The standard InChI is InChI=1S/C23H19ClFN3O4S/c24-18-6-4-16(5-7-18)15-28(33(31,32)20-3-1-2-17(12-20)14-26)19-8-9-22(25)21(13-19)23(30)27-10-11-29/h1-9,12-13,29H,10-11,15H2,(H,27,30). The van der Waals surface area contributed by atoms with Crippen LogP contribution in [0, 0.1) is 17.1 Å². The van der Waals surface area contributed by atoms with E-state index in [4.69, 9.17) is 22.0 Å². The zero-order chi connectivity index (χ0) is 24.0. The summed E-state index contributed by atoms with van der Waals surface area (Å²) in [5.41, 5.74) is 0.423. The van der Waals surface area contributed by atoms with Gasteiger partial charge in [-0.3, -0.25) is 9.10 Å². The van der Waals surface area contributed by atoms with Gasteiger partial charge in [0.15, 0.2) is 0 Å². The summed E-state index contributed by atoms with van der Waals surface area (Å²) >= 11 is 5.93. The molecule has 0 aliphatic rings. The summed E-state index contributed by atoms with van der Waals surface area (Å²) in [5, 5.41) is 20.9. The zero-order valence-electron chi connectivity index (χ0n) is 17.2. The van der Waals surface area contributed by atoms with Gasteiger partial charge in [0.25, 0.3) is 15.9 Å². The smallest absolute Gasteiger partial charge is 0.264 e. The zero-order valence-corrected chi connectivity index (χ0v) is 18.8. The Morgan fingerprint density at radius 1 is 1.12 bits per heavy atom. The molecule has 0 atom stereocenters. The van der Waals surface area contributed by atoms with Crippen molar-refractivity contribution in [3.63, 3.8) is 0 Å². The van der Waals surface area contributed by atoms with Crippen LogP contribution < -0.4 is 9.62 Å². The Morgan fingerprint density at radius 3 is 2.52 bits per heavy atom. The Bertz CT molecular complexity index is 1310. The highest BCUT2D eigenvalue weighted by Crippen LogP contribution is 2.28. The number of amides is 1. The number of hydrogen-bond acceptors (Lipinski definition) is 5. The van der Waals surface area contributed by atoms with Crippen LogP contribution in [0.2, 0.25) is 5.02 Å². The van der Waals surface area contributed by atoms with Crippen LogP contribution >= 0.6 is 11.6 Å². The number of nitriles is 1. The van der Waals surface area contributed by atoms with Crippen molar-refractivity contribution in [2.45, 2.75) is 11.4 Å². The van der Waals surface area contributed by atoms with Gasteiger partial charge in [0.1, 0.15) is 5.82 Å². The lowest BCUT2D eigenvalue weighted by atomic mass is 10.1. The third kappa shape index (κ3) is 5.68. The minimum atomic E-state index is -4.21. The summed E-state index contributed by atoms with van der Waals surface area (Å²) in [6.45, 7) is -0.560. The second-order valence-electron chi connectivity index (χ2n) is 6.92. The van der Waals surface area contributed by atoms with Crippen LogP contribution in [0.5, 0.6) is 0 Å². The van der Waals surface area contributed by atoms with E-state index in [2.05, 4.69) is 5.32 Å². The molecule has 0 unspecified atom stereocenters. The van der Waals surface area contributed by atoms with Crippen molar-refractivity contribution in [1.82, 2.24) is 5.32 Å². The fourth-order valence-corrected chi connectivity index (χ4v) is 4.65. The molecule has 33 heavy (non-hydrogen) atoms. The van der Waals surface area contributed by atoms with E-state index < -0.39 is 21.7 Å². The van der Waals surface area contributed by atoms with Crippen molar-refractivity contribution in [3.8, 4) is 6.07 Å². The van der Waals surface area contributed by atoms with Crippen LogP contribution in [-0.2, 0) is 16.6 Å². The number of rotatable bonds is 8. The van der Waals surface area contributed by atoms with Crippen molar-refractivity contribution in [1.29, 1.82) is 5.26 Å². The number of carbonyl (C=O) groups excluding carboxylic acids is 1. The molecular formula is C23H19ClFN3O4S. The molecule has 0 saturated heterocycles. The second-order valence-corrected chi connectivity index (χ2v) is 9.22. The van der Waals surface area contributed by atoms with Gasteiger partial charge in [-0.05, 0) is 54.1 Å². The first-order chi connectivity index (χ1) is 15.8. The molecule has 3 aromatic carbocycles. The molecule has 0 bridgehead atoms. The lowest BCUT2D eigenvalue weighted by Crippen LogP contribution is -2.32. The summed E-state index contributed by atoms with van der Waals surface area (Å²) in [6.07, 6.45) is 0. The molecule has 2 N–H and O–H groups in total. The SMILES string of the molecule is N#Cc1cccc(S(=O)(=O)N(Cc2ccc(Cl)cc2)c2ccc(F)c(C(=O)NCCO)c2)c1. The van der Waals surface area contributed by atoms with Crippen molar-refractivity contribution < 1.29 is 22.7 Å². The van der Waals surface area contributed by atoms with Crippen molar-refractivity contribution in [3.05, 3.63) is 94.3 Å². The average Bonchev–Trinajstić information content (AvgIpc) is 2.82. The molecule has 0 fully saturated rings. The third-order valence-corrected chi connectivity index (χ3v) is 6.69. The maximum atomic E-state index is 14.4. The Labute approximate surface area is 195 Å². The monoisotopic (exact) mass is 487 g/mol. The fourth-order valence-electron chi connectivity index (χ4n) is 3.03. The summed E-state index contributed by atoms with van der Waals surface area (Å²) in [6, 6.07) is 17.3. The number of carbonyl (C=O) groups is 1. The van der Waals surface area contributed by atoms with Gasteiger partial charge in [0.2, 0.25) is 0 Å². The van der Waals surface area contributed by atoms with Gasteiger partial charge in [-0.25, -0.2) is 12.8 Å². The predicted molar refractivity (Wildman–Crippen MR) is 122 cm³/mol. The molecule has 0 aromatic heterocycles. The minimum Gasteiger partial charge on any atom is -0.395 e. The largest absolute Gasteiger partial charge is 0.395 e. The maximum Gasteiger partial charge on any atom is 0.264 e. The number of nitrogens with zero attached hydrogens (tertiary/aromatic N) is 2. The van der Waals surface area contributed by atoms with Crippen LogP contribution in [0.25, 0.3) is 0 Å². The highest BCUT2D eigenvalue weighted by Gasteiger charge is 2.27. The Balaban J connectivity index is 2.12. The fraction of sp³-hybridized carbons (Fsp3) is 0.130. The summed E-state index contributed by atoms with van der Waals surface area (Å²) in [4.78, 5) is 12.2. The van der Waals surface area contributed by atoms with Crippen LogP contribution in [0.1, 0.15) is 21.5 Å². The Kier molecular flexibility index (Phi) is 7.66. The first-order valence-electron chi connectivity index (χ1n) is 9.72. The summed E-state index contributed by atoms with van der Waals surface area (Å²) in [7, 11) is -4.21. The van der Waals surface area contributed by atoms with Crippen LogP contribution in [0.3, 0.4) is 0 Å². The van der Waals surface area contributed by atoms with Crippen LogP contribution in [-0.4, -0.2) is 32.6 Å². The van der Waals surface area contributed by atoms with Crippen molar-refractivity contribution >= 4 is 33.2 Å². The number of benzene rings is 3. The molecule has 0 spiro atoms. The molecule has 0 saturated carbocycles. The molecule has 0 aliphatic carbocycles. The number of halogens is 2. The minimum absolute atomic E-state index is 0.0443. The summed E-state index contributed by atoms with van der Waals surface area (Å²) in [5.74, 6) is -1.64. The van der Waals surface area contributed by atoms with Gasteiger partial charge < -0.3 is 10.4 Å². The highest BCUT2D eigenvalue weighted by molar-refractivity contribution is 7.92. The second kappa shape index (κ2) is 10.4. The molecule has 7 nitrogen and oxygen atoms in total. The lowest BCUT2D eigenvalue weighted by Gasteiger charge is -2.25. The molecule has 0 aliphatic heterocycles. The molecule has 0 heterocycles. The molecular weight excluding hydrogens is 469 g/mol. The van der Waals surface area contributed by atoms with E-state index in [9.17, 15) is 17.6 Å². The van der Waals surface area contributed by atoms with Gasteiger partial charge >= 0.3 is 0 Å². The predicted octanol–water partition coefficient (Wildman–Crippen LogP) is 3.47. The quantitative estimate of drug-likeness (QED) is 0.505. The molecule has 10 heteroatoms. The average molecular weight is 488 g/mol. The molecule has 0 radical (unpaired) electrons. The van der Waals surface area contributed by atoms with E-state index in [1.54, 1.807) is 24.3 Å². The van der Waals surface area contributed by atoms with E-state index >= 15 is 0 Å². The Morgan fingerprint density at radius 2 is 1.85 bits per heavy atom. The van der Waals surface area contributed by atoms with E-state index in [-0.39, 0.29) is 41.4 Å². The van der Waals surface area contributed by atoms with Gasteiger partial charge in [0, 0.05) is 11.6 Å². The normalized spacial score (nSPS) is 11.0. The maximum absolute atomic E-state index is 14.4. The Hall–Kier alpha value is -3.45. The molecule has 3 rings (SSSR count). The van der Waals surface area contributed by atoms with Gasteiger partial charge in [-0.15, -0.1) is 0 Å². The summed E-state index contributed by atoms with van der Waals surface area (Å²) < 4.78 is 42.5. The van der Waals surface area contributed by atoms with E-state index in [0.717, 1.165) is 16.4 Å². The van der Waals surface area contributed by atoms with Gasteiger partial charge in [-0.1, -0.05) is 29.8 Å². The van der Waals surface area contributed by atoms with Crippen molar-refractivity contribution in [2.24, 2.45) is 0 Å². The first-order valence-corrected chi connectivity index (χ1v) is 11.5. The van der Waals surface area contributed by atoms with Crippen LogP contribution in [0.15, 0.2) is 71.6 Å². The topological polar surface area (TPSA) is 111 Å². The first kappa shape index (κ1) is 24.2. The molecule has 1 amide bonds. The highest BCUT2D eigenvalue weighted by atomic mass is 35.5. The van der Waals surface area contributed by atoms with Crippen molar-refractivity contribution in [2.75, 3.05) is 17.5 Å². The molecule has 3 aromatic rings. The number of hydrogen-bond donors (Lipinski definition) is 2. The van der Waals surface area contributed by atoms with E-state index in [0.29, 0.717) is 10.6 Å². The van der Waals surface area contributed by atoms with E-state index in [1.807, 2.05) is 6.07 Å². The number of aliphatic hydroxyl groups is 1. The number of sulfonamides is 1.